The van der Waals surface area contributed by atoms with Gasteiger partial charge in [0, 0.05) is 31.9 Å². The zero-order chi connectivity index (χ0) is 22.7. The molecule has 4 rings (SSSR count). The molecule has 1 saturated heterocycles. The number of aromatic nitrogens is 2. The highest BCUT2D eigenvalue weighted by Crippen LogP contribution is 2.33. The van der Waals surface area contributed by atoms with E-state index in [1.807, 2.05) is 12.1 Å². The maximum atomic E-state index is 13.1. The van der Waals surface area contributed by atoms with E-state index in [0.717, 1.165) is 12.8 Å². The van der Waals surface area contributed by atoms with Gasteiger partial charge in [0.05, 0.1) is 11.1 Å². The molecule has 174 valence electrons. The standard InChI is InChI=1S/C25H37N5O2/c1-17(2)13-19(18-7-4-3-5-8-18)15-27-24(31)21-9-6-11-30-23(21)14-22(28-30)25(32)29-12-10-20(26)16-29/h6,9,11,14,17-20H,3-5,7-8,10,12-13,15-16,26H2,1-2H3,(H,27,31)/t19?,20-/m1/s1. The molecule has 7 nitrogen and oxygen atoms in total. The number of hydrogen-bond acceptors (Lipinski definition) is 4. The molecule has 2 aromatic rings. The number of hydrogen-bond donors (Lipinski definition) is 2. The average Bonchev–Trinajstić information content (AvgIpc) is 3.42. The summed E-state index contributed by atoms with van der Waals surface area (Å²) in [6.07, 6.45) is 10.2. The Kier molecular flexibility index (Phi) is 7.13. The Bertz CT molecular complexity index is 947. The zero-order valence-electron chi connectivity index (χ0n) is 19.4. The van der Waals surface area contributed by atoms with Gasteiger partial charge >= 0.3 is 0 Å². The van der Waals surface area contributed by atoms with E-state index in [4.69, 9.17) is 5.73 Å². The molecule has 1 aliphatic heterocycles. The summed E-state index contributed by atoms with van der Waals surface area (Å²) in [5, 5.41) is 7.64. The molecule has 32 heavy (non-hydrogen) atoms. The van der Waals surface area contributed by atoms with E-state index in [1.54, 1.807) is 21.7 Å². The normalized spacial score (nSPS) is 20.8. The smallest absolute Gasteiger partial charge is 0.274 e. The van der Waals surface area contributed by atoms with E-state index in [9.17, 15) is 9.59 Å². The number of nitrogens with two attached hydrogens (primary N) is 1. The van der Waals surface area contributed by atoms with Crippen LogP contribution in [0.15, 0.2) is 24.4 Å². The number of carbonyl (C=O) groups is 2. The highest BCUT2D eigenvalue weighted by atomic mass is 16.2. The molecule has 0 radical (unpaired) electrons. The van der Waals surface area contributed by atoms with Crippen LogP contribution in [0.2, 0.25) is 0 Å². The predicted octanol–water partition coefficient (Wildman–Crippen LogP) is 3.48. The van der Waals surface area contributed by atoms with Crippen molar-refractivity contribution in [3.05, 3.63) is 35.7 Å². The molecular formula is C25H37N5O2. The molecule has 1 saturated carbocycles. The monoisotopic (exact) mass is 439 g/mol. The quantitative estimate of drug-likeness (QED) is 0.691. The number of rotatable bonds is 7. The fourth-order valence-corrected chi connectivity index (χ4v) is 5.42. The third-order valence-electron chi connectivity index (χ3n) is 7.09. The highest BCUT2D eigenvalue weighted by Gasteiger charge is 2.28. The summed E-state index contributed by atoms with van der Waals surface area (Å²) in [7, 11) is 0. The number of pyridine rings is 1. The van der Waals surface area contributed by atoms with E-state index in [2.05, 4.69) is 24.3 Å². The summed E-state index contributed by atoms with van der Waals surface area (Å²) >= 11 is 0. The van der Waals surface area contributed by atoms with Gasteiger partial charge in [-0.05, 0) is 48.8 Å². The van der Waals surface area contributed by atoms with Crippen LogP contribution in [0, 0.1) is 17.8 Å². The van der Waals surface area contributed by atoms with Crippen molar-refractivity contribution in [3.8, 4) is 0 Å². The summed E-state index contributed by atoms with van der Waals surface area (Å²) < 4.78 is 1.63. The molecule has 0 bridgehead atoms. The first-order valence-electron chi connectivity index (χ1n) is 12.2. The first-order chi connectivity index (χ1) is 15.4. The molecule has 7 heteroatoms. The Labute approximate surface area is 190 Å². The van der Waals surface area contributed by atoms with Crippen LogP contribution in [0.3, 0.4) is 0 Å². The van der Waals surface area contributed by atoms with Gasteiger partial charge in [0.2, 0.25) is 0 Å². The molecule has 2 atom stereocenters. The van der Waals surface area contributed by atoms with Crippen LogP contribution < -0.4 is 11.1 Å². The first-order valence-corrected chi connectivity index (χ1v) is 12.2. The molecule has 1 unspecified atom stereocenters. The highest BCUT2D eigenvalue weighted by molar-refractivity contribution is 6.02. The van der Waals surface area contributed by atoms with Crippen molar-refractivity contribution < 1.29 is 9.59 Å². The maximum absolute atomic E-state index is 13.1. The zero-order valence-corrected chi connectivity index (χ0v) is 19.4. The van der Waals surface area contributed by atoms with Crippen molar-refractivity contribution in [2.24, 2.45) is 23.5 Å². The van der Waals surface area contributed by atoms with E-state index in [0.29, 0.717) is 54.2 Å². The van der Waals surface area contributed by atoms with Gasteiger partial charge in [-0.25, -0.2) is 4.52 Å². The minimum absolute atomic E-state index is 0.0280. The van der Waals surface area contributed by atoms with Crippen LogP contribution in [0.5, 0.6) is 0 Å². The molecule has 3 heterocycles. The number of amides is 2. The predicted molar refractivity (Wildman–Crippen MR) is 126 cm³/mol. The van der Waals surface area contributed by atoms with E-state index in [-0.39, 0.29) is 17.9 Å². The second-order valence-electron chi connectivity index (χ2n) is 10.1. The minimum atomic E-state index is -0.123. The number of nitrogens with zero attached hydrogens (tertiary/aromatic N) is 3. The lowest BCUT2D eigenvalue weighted by atomic mass is 9.76. The first kappa shape index (κ1) is 22.8. The van der Waals surface area contributed by atoms with Gasteiger partial charge in [-0.2, -0.15) is 5.10 Å². The Morgan fingerprint density at radius 3 is 2.69 bits per heavy atom. The van der Waals surface area contributed by atoms with Gasteiger partial charge in [0.15, 0.2) is 5.69 Å². The number of carbonyl (C=O) groups excluding carboxylic acids is 2. The van der Waals surface area contributed by atoms with E-state index < -0.39 is 0 Å². The van der Waals surface area contributed by atoms with Gasteiger partial charge in [-0.3, -0.25) is 9.59 Å². The third kappa shape index (κ3) is 5.14. The van der Waals surface area contributed by atoms with Gasteiger partial charge in [0.25, 0.3) is 11.8 Å². The summed E-state index contributed by atoms with van der Waals surface area (Å²) in [4.78, 5) is 27.7. The SMILES string of the molecule is CC(C)CC(CNC(=O)c1cccn2nc(C(=O)N3CC[C@@H](N)C3)cc12)C1CCCCC1. The van der Waals surface area contributed by atoms with E-state index >= 15 is 0 Å². The molecule has 2 amide bonds. The topological polar surface area (TPSA) is 92.7 Å². The van der Waals surface area contributed by atoms with Crippen molar-refractivity contribution in [3.63, 3.8) is 0 Å². The lowest BCUT2D eigenvalue weighted by Gasteiger charge is -2.31. The molecule has 3 N–H and O–H groups in total. The van der Waals surface area contributed by atoms with Crippen LogP contribution in [0.25, 0.3) is 5.52 Å². The fraction of sp³-hybridized carbons (Fsp3) is 0.640. The molecule has 2 fully saturated rings. The fourth-order valence-electron chi connectivity index (χ4n) is 5.42. The van der Waals surface area contributed by atoms with Crippen molar-refractivity contribution in [1.29, 1.82) is 0 Å². The molecular weight excluding hydrogens is 402 g/mol. The Hall–Kier alpha value is -2.41. The van der Waals surface area contributed by atoms with Crippen molar-refractivity contribution in [2.75, 3.05) is 19.6 Å². The second kappa shape index (κ2) is 10.0. The average molecular weight is 440 g/mol. The summed E-state index contributed by atoms with van der Waals surface area (Å²) in [5.74, 6) is 1.61. The van der Waals surface area contributed by atoms with Crippen molar-refractivity contribution >= 4 is 17.3 Å². The van der Waals surface area contributed by atoms with Gasteiger partial charge in [0.1, 0.15) is 0 Å². The van der Waals surface area contributed by atoms with Gasteiger partial charge < -0.3 is 16.0 Å². The summed E-state index contributed by atoms with van der Waals surface area (Å²) in [6.45, 7) is 6.43. The summed E-state index contributed by atoms with van der Waals surface area (Å²) in [5.41, 5.74) is 7.53. The Balaban J connectivity index is 1.47. The Morgan fingerprint density at radius 2 is 2.00 bits per heavy atom. The molecule has 2 aliphatic rings. The molecule has 0 spiro atoms. The van der Waals surface area contributed by atoms with Gasteiger partial charge in [-0.1, -0.05) is 46.0 Å². The maximum Gasteiger partial charge on any atom is 0.274 e. The van der Waals surface area contributed by atoms with Crippen molar-refractivity contribution in [1.82, 2.24) is 19.8 Å². The third-order valence-corrected chi connectivity index (χ3v) is 7.09. The minimum Gasteiger partial charge on any atom is -0.352 e. The molecule has 0 aromatic carbocycles. The van der Waals surface area contributed by atoms with E-state index in [1.165, 1.54) is 32.1 Å². The summed E-state index contributed by atoms with van der Waals surface area (Å²) in [6, 6.07) is 5.38. The number of nitrogens with one attached hydrogen (secondary N) is 1. The van der Waals surface area contributed by atoms with Crippen LogP contribution in [-0.4, -0.2) is 52.0 Å². The van der Waals surface area contributed by atoms with Crippen LogP contribution in [-0.2, 0) is 0 Å². The van der Waals surface area contributed by atoms with Crippen LogP contribution in [0.4, 0.5) is 0 Å². The number of likely N-dealkylation sites (tertiary alicyclic amines) is 1. The van der Waals surface area contributed by atoms with Crippen molar-refractivity contribution in [2.45, 2.75) is 64.8 Å². The largest absolute Gasteiger partial charge is 0.352 e. The second-order valence-corrected chi connectivity index (χ2v) is 10.1. The van der Waals surface area contributed by atoms with Crippen LogP contribution >= 0.6 is 0 Å². The lowest BCUT2D eigenvalue weighted by Crippen LogP contribution is -2.34. The van der Waals surface area contributed by atoms with Gasteiger partial charge in [-0.15, -0.1) is 0 Å². The number of fused-ring (bicyclic) bond motifs is 1. The molecule has 2 aromatic heterocycles. The molecule has 1 aliphatic carbocycles. The Morgan fingerprint density at radius 1 is 1.22 bits per heavy atom. The lowest BCUT2D eigenvalue weighted by molar-refractivity contribution is 0.0784. The van der Waals surface area contributed by atoms with Crippen LogP contribution in [0.1, 0.15) is 79.6 Å².